The second kappa shape index (κ2) is 12.1. The number of carbonyl (C=O) groups is 1. The third kappa shape index (κ3) is 6.43. The molecule has 1 aromatic heterocycles. The van der Waals surface area contributed by atoms with Gasteiger partial charge in [0.1, 0.15) is 5.82 Å². The molecular formula is C25H30FN5O2S. The Hall–Kier alpha value is -2.75. The van der Waals surface area contributed by atoms with Crippen molar-refractivity contribution < 1.29 is 13.9 Å². The normalized spacial score (nSPS) is 15.2. The van der Waals surface area contributed by atoms with Crippen molar-refractivity contribution in [2.75, 3.05) is 32.8 Å². The molecule has 1 aliphatic heterocycles. The van der Waals surface area contributed by atoms with Crippen LogP contribution in [0.3, 0.4) is 0 Å². The molecule has 1 unspecified atom stereocenters. The fourth-order valence-corrected chi connectivity index (χ4v) is 4.81. The molecule has 4 rings (SSSR count). The number of nitrogens with zero attached hydrogens (tertiary/aromatic N) is 4. The highest BCUT2D eigenvalue weighted by Crippen LogP contribution is 2.28. The summed E-state index contributed by atoms with van der Waals surface area (Å²) in [6.45, 7) is 7.20. The summed E-state index contributed by atoms with van der Waals surface area (Å²) in [5.74, 6) is 0.358. The highest BCUT2D eigenvalue weighted by Gasteiger charge is 2.23. The van der Waals surface area contributed by atoms with Gasteiger partial charge < -0.3 is 14.6 Å². The van der Waals surface area contributed by atoms with Gasteiger partial charge in [-0.1, -0.05) is 49.0 Å². The molecule has 1 fully saturated rings. The summed E-state index contributed by atoms with van der Waals surface area (Å²) in [6.07, 6.45) is 0.660. The molecule has 9 heteroatoms. The zero-order valence-corrected chi connectivity index (χ0v) is 20.1. The van der Waals surface area contributed by atoms with Crippen LogP contribution < -0.4 is 5.32 Å². The molecule has 3 aromatic rings. The largest absolute Gasteiger partial charge is 0.379 e. The maximum absolute atomic E-state index is 13.5. The zero-order valence-electron chi connectivity index (χ0n) is 19.3. The van der Waals surface area contributed by atoms with E-state index in [1.165, 1.54) is 23.9 Å². The van der Waals surface area contributed by atoms with Gasteiger partial charge in [-0.05, 0) is 36.2 Å². The van der Waals surface area contributed by atoms with Crippen molar-refractivity contribution in [1.82, 2.24) is 25.0 Å². The predicted molar refractivity (Wildman–Crippen MR) is 131 cm³/mol. The third-order valence-electron chi connectivity index (χ3n) is 5.78. The van der Waals surface area contributed by atoms with Gasteiger partial charge in [-0.25, -0.2) is 4.39 Å². The van der Waals surface area contributed by atoms with Gasteiger partial charge in [0.2, 0.25) is 5.91 Å². The molecule has 180 valence electrons. The van der Waals surface area contributed by atoms with Crippen molar-refractivity contribution >= 4 is 17.7 Å². The summed E-state index contributed by atoms with van der Waals surface area (Å²) in [4.78, 5) is 15.3. The molecule has 0 bridgehead atoms. The van der Waals surface area contributed by atoms with Crippen LogP contribution in [-0.2, 0) is 22.6 Å². The molecule has 0 aliphatic carbocycles. The van der Waals surface area contributed by atoms with E-state index in [9.17, 15) is 9.18 Å². The number of halogens is 1. The number of morpholine rings is 1. The van der Waals surface area contributed by atoms with Crippen LogP contribution in [0.2, 0.25) is 0 Å². The fraction of sp³-hybridized carbons (Fsp3) is 0.400. The Bertz CT molecular complexity index is 1050. The number of thioether (sulfide) groups is 1. The molecule has 1 atom stereocenters. The number of rotatable bonds is 10. The maximum atomic E-state index is 13.5. The lowest BCUT2D eigenvalue weighted by molar-refractivity contribution is -0.120. The van der Waals surface area contributed by atoms with Crippen LogP contribution in [0.4, 0.5) is 4.39 Å². The lowest BCUT2D eigenvalue weighted by atomic mass is 10.2. The Morgan fingerprint density at radius 3 is 2.53 bits per heavy atom. The third-order valence-corrected chi connectivity index (χ3v) is 7.13. The Balaban J connectivity index is 1.50. The Morgan fingerprint density at radius 2 is 1.82 bits per heavy atom. The number of nitrogens with one attached hydrogen (secondary N) is 1. The minimum atomic E-state index is -0.295. The summed E-state index contributed by atoms with van der Waals surface area (Å²) < 4.78 is 21.0. The highest BCUT2D eigenvalue weighted by molar-refractivity contribution is 8.00. The van der Waals surface area contributed by atoms with E-state index >= 15 is 0 Å². The SMILES string of the molecule is CCC(Sc1nnc(-c2ccc(F)cc2)n1CCN1CCOCC1)C(=O)NCc1ccccc1. The predicted octanol–water partition coefficient (Wildman–Crippen LogP) is 3.60. The second-order valence-electron chi connectivity index (χ2n) is 8.14. The number of aromatic nitrogens is 3. The van der Waals surface area contributed by atoms with Gasteiger partial charge in [-0.2, -0.15) is 0 Å². The molecular weight excluding hydrogens is 453 g/mol. The van der Waals surface area contributed by atoms with E-state index in [1.54, 1.807) is 12.1 Å². The van der Waals surface area contributed by atoms with Crippen LogP contribution in [-0.4, -0.2) is 63.7 Å². The van der Waals surface area contributed by atoms with Crippen LogP contribution in [0.5, 0.6) is 0 Å². The number of amides is 1. The van der Waals surface area contributed by atoms with Crippen molar-refractivity contribution in [3.8, 4) is 11.4 Å². The highest BCUT2D eigenvalue weighted by atomic mass is 32.2. The van der Waals surface area contributed by atoms with E-state index in [-0.39, 0.29) is 17.0 Å². The molecule has 1 N–H and O–H groups in total. The van der Waals surface area contributed by atoms with Gasteiger partial charge in [-0.15, -0.1) is 10.2 Å². The minimum Gasteiger partial charge on any atom is -0.379 e. The van der Waals surface area contributed by atoms with Gasteiger partial charge in [0, 0.05) is 38.3 Å². The van der Waals surface area contributed by atoms with E-state index in [2.05, 4.69) is 20.4 Å². The molecule has 1 aliphatic rings. The van der Waals surface area contributed by atoms with Crippen LogP contribution in [0.1, 0.15) is 18.9 Å². The van der Waals surface area contributed by atoms with E-state index in [1.807, 2.05) is 41.8 Å². The molecule has 0 saturated carbocycles. The molecule has 0 spiro atoms. The molecule has 1 amide bonds. The molecule has 2 aromatic carbocycles. The quantitative estimate of drug-likeness (QED) is 0.444. The molecule has 2 heterocycles. The maximum Gasteiger partial charge on any atom is 0.233 e. The zero-order chi connectivity index (χ0) is 23.8. The molecule has 34 heavy (non-hydrogen) atoms. The first-order valence-corrected chi connectivity index (χ1v) is 12.5. The van der Waals surface area contributed by atoms with Gasteiger partial charge in [0.25, 0.3) is 0 Å². The van der Waals surface area contributed by atoms with Crippen molar-refractivity contribution in [3.63, 3.8) is 0 Å². The minimum absolute atomic E-state index is 0.0255. The lowest BCUT2D eigenvalue weighted by Gasteiger charge is -2.27. The molecule has 1 saturated heterocycles. The van der Waals surface area contributed by atoms with Crippen molar-refractivity contribution in [1.29, 1.82) is 0 Å². The van der Waals surface area contributed by atoms with Crippen molar-refractivity contribution in [3.05, 3.63) is 66.0 Å². The average molecular weight is 484 g/mol. The Morgan fingerprint density at radius 1 is 1.09 bits per heavy atom. The topological polar surface area (TPSA) is 72.3 Å². The van der Waals surface area contributed by atoms with Crippen molar-refractivity contribution in [2.24, 2.45) is 0 Å². The number of benzene rings is 2. The van der Waals surface area contributed by atoms with Crippen LogP contribution in [0.15, 0.2) is 59.8 Å². The number of hydrogen-bond donors (Lipinski definition) is 1. The number of carbonyl (C=O) groups excluding carboxylic acids is 1. The summed E-state index contributed by atoms with van der Waals surface area (Å²) in [7, 11) is 0. The van der Waals surface area contributed by atoms with Gasteiger partial charge in [-0.3, -0.25) is 9.69 Å². The standard InChI is InChI=1S/C25H30FN5O2S/c1-2-22(24(32)27-18-19-6-4-3-5-7-19)34-25-29-28-23(20-8-10-21(26)11-9-20)31(25)13-12-30-14-16-33-17-15-30/h3-11,22H,2,12-18H2,1H3,(H,27,32). The Kier molecular flexibility index (Phi) is 8.67. The smallest absolute Gasteiger partial charge is 0.233 e. The molecule has 0 radical (unpaired) electrons. The second-order valence-corrected chi connectivity index (χ2v) is 9.31. The van der Waals surface area contributed by atoms with E-state index in [0.29, 0.717) is 30.5 Å². The summed E-state index contributed by atoms with van der Waals surface area (Å²) in [6, 6.07) is 16.1. The number of ether oxygens (including phenoxy) is 1. The summed E-state index contributed by atoms with van der Waals surface area (Å²) >= 11 is 1.42. The summed E-state index contributed by atoms with van der Waals surface area (Å²) in [5, 5.41) is 12.3. The number of hydrogen-bond acceptors (Lipinski definition) is 6. The lowest BCUT2D eigenvalue weighted by Crippen LogP contribution is -2.38. The first kappa shape index (κ1) is 24.4. The first-order valence-electron chi connectivity index (χ1n) is 11.6. The van der Waals surface area contributed by atoms with Crippen molar-refractivity contribution in [2.45, 2.75) is 36.8 Å². The van der Waals surface area contributed by atoms with Crippen LogP contribution in [0, 0.1) is 5.82 Å². The van der Waals surface area contributed by atoms with Gasteiger partial charge in [0.15, 0.2) is 11.0 Å². The van der Waals surface area contributed by atoms with Crippen LogP contribution >= 0.6 is 11.8 Å². The monoisotopic (exact) mass is 483 g/mol. The fourth-order valence-electron chi connectivity index (χ4n) is 3.80. The summed E-state index contributed by atoms with van der Waals surface area (Å²) in [5.41, 5.74) is 1.85. The first-order chi connectivity index (χ1) is 16.6. The molecule has 7 nitrogen and oxygen atoms in total. The Labute approximate surface area is 203 Å². The van der Waals surface area contributed by atoms with Gasteiger partial charge in [0.05, 0.1) is 18.5 Å². The van der Waals surface area contributed by atoms with Crippen LogP contribution in [0.25, 0.3) is 11.4 Å². The van der Waals surface area contributed by atoms with Gasteiger partial charge >= 0.3 is 0 Å². The van der Waals surface area contributed by atoms with E-state index in [0.717, 1.165) is 44.0 Å². The average Bonchev–Trinajstić information content (AvgIpc) is 3.28. The van der Waals surface area contributed by atoms with E-state index in [4.69, 9.17) is 4.74 Å². The van der Waals surface area contributed by atoms with E-state index < -0.39 is 0 Å².